The van der Waals surface area contributed by atoms with Crippen molar-refractivity contribution < 1.29 is 13.5 Å². The van der Waals surface area contributed by atoms with Crippen molar-refractivity contribution in [2.75, 3.05) is 0 Å². The molecule has 0 N–H and O–H groups in total. The van der Waals surface area contributed by atoms with Gasteiger partial charge in [0, 0.05) is 10.8 Å². The molecule has 140 valence electrons. The number of pyridine rings is 2. The predicted octanol–water partition coefficient (Wildman–Crippen LogP) is 6.79. The molecule has 0 fully saturated rings. The van der Waals surface area contributed by atoms with Gasteiger partial charge in [0.2, 0.25) is 0 Å². The summed E-state index contributed by atoms with van der Waals surface area (Å²) in [5.41, 5.74) is 3.82. The third-order valence-corrected chi connectivity index (χ3v) is 5.43. The second-order valence-electron chi connectivity index (χ2n) is 5.35. The quantitative estimate of drug-likeness (QED) is 0.220. The molecule has 4 aromatic rings. The second kappa shape index (κ2) is 10.4. The number of allylic oxidation sites excluding steroid dienone is 1. The summed E-state index contributed by atoms with van der Waals surface area (Å²) < 4.78 is 2.76. The van der Waals surface area contributed by atoms with Gasteiger partial charge in [-0.2, -0.15) is 0 Å². The molecule has 4 rings (SSSR count). The summed E-state index contributed by atoms with van der Waals surface area (Å²) in [7, 11) is 10.7. The Balaban J connectivity index is 0.000000329. The molecule has 0 saturated heterocycles. The first-order valence-corrected chi connectivity index (χ1v) is 13.3. The molecule has 2 nitrogen and oxygen atoms in total. The van der Waals surface area contributed by atoms with Gasteiger partial charge in [-0.05, 0) is 24.3 Å². The second-order valence-corrected chi connectivity index (χ2v) is 10.7. The van der Waals surface area contributed by atoms with Crippen LogP contribution in [0.25, 0.3) is 33.2 Å². The number of rotatable bonds is 1. The van der Waals surface area contributed by atoms with Gasteiger partial charge in [-0.1, -0.05) is 48.5 Å². The summed E-state index contributed by atoms with van der Waals surface area (Å²) in [6.45, 7) is 1.85. The van der Waals surface area contributed by atoms with E-state index in [-0.39, 0.29) is 7.43 Å². The van der Waals surface area contributed by atoms with Crippen molar-refractivity contribution in [1.82, 2.24) is 9.97 Å². The van der Waals surface area contributed by atoms with Gasteiger partial charge in [0.05, 0.1) is 22.4 Å². The van der Waals surface area contributed by atoms with Gasteiger partial charge in [-0.25, -0.2) is 9.97 Å². The van der Waals surface area contributed by atoms with E-state index in [1.54, 1.807) is 6.08 Å². The third kappa shape index (κ3) is 5.79. The molecule has 5 heteroatoms. The van der Waals surface area contributed by atoms with Crippen LogP contribution >= 0.6 is 19.4 Å². The first-order chi connectivity index (χ1) is 12.7. The van der Waals surface area contributed by atoms with Crippen molar-refractivity contribution in [3.05, 3.63) is 86.3 Å². The van der Waals surface area contributed by atoms with E-state index >= 15 is 0 Å². The zero-order valence-electron chi connectivity index (χ0n) is 15.0. The first kappa shape index (κ1) is 21.4. The van der Waals surface area contributed by atoms with Crippen LogP contribution in [0.2, 0.25) is 0 Å². The van der Waals surface area contributed by atoms with Crippen LogP contribution in [0.3, 0.4) is 0 Å². The average molecular weight is 483 g/mol. The van der Waals surface area contributed by atoms with Crippen molar-refractivity contribution >= 4 is 45.5 Å². The Labute approximate surface area is 173 Å². The van der Waals surface area contributed by atoms with Crippen LogP contribution in [0.1, 0.15) is 6.92 Å². The Bertz CT molecular complexity index is 1040. The molecule has 2 aromatic carbocycles. The molecule has 0 spiro atoms. The number of hydrogen-bond acceptors (Lipinski definition) is 2. The van der Waals surface area contributed by atoms with E-state index in [9.17, 15) is 0 Å². The van der Waals surface area contributed by atoms with Crippen LogP contribution in [0.4, 0.5) is 0 Å². The summed E-state index contributed by atoms with van der Waals surface area (Å²) in [6, 6.07) is 24.5. The fourth-order valence-electron chi connectivity index (χ4n) is 2.49. The van der Waals surface area contributed by atoms with E-state index in [2.05, 4.69) is 38.5 Å². The van der Waals surface area contributed by atoms with Gasteiger partial charge in [-0.15, -0.1) is 0 Å². The van der Waals surface area contributed by atoms with Crippen molar-refractivity contribution in [3.63, 3.8) is 0 Å². The summed E-state index contributed by atoms with van der Waals surface area (Å²) in [5, 5.41) is 2.30. The summed E-state index contributed by atoms with van der Waals surface area (Å²) in [5.74, 6) is 0. The topological polar surface area (TPSA) is 25.8 Å². The number of benzene rings is 2. The number of nitrogens with zero attached hydrogens (tertiary/aromatic N) is 2. The van der Waals surface area contributed by atoms with E-state index in [1.165, 1.54) is 0 Å². The molecule has 0 radical (unpaired) electrons. The van der Waals surface area contributed by atoms with Gasteiger partial charge in [0.15, 0.2) is 0 Å². The number of aromatic nitrogens is 2. The molecular weight excluding hydrogens is 464 g/mol. The summed E-state index contributed by atoms with van der Waals surface area (Å²) in [4.78, 5) is 9.38. The molecule has 2 aromatic heterocycles. The number of para-hydroxylation sites is 2. The Morgan fingerprint density at radius 1 is 0.741 bits per heavy atom. The van der Waals surface area contributed by atoms with Crippen LogP contribution in [0, 0.1) is 7.43 Å². The van der Waals surface area contributed by atoms with Gasteiger partial charge in [0.1, 0.15) is 0 Å². The molecule has 0 aliphatic rings. The minimum Gasteiger partial charge on any atom is -0.358 e. The maximum atomic E-state index is 5.34. The van der Waals surface area contributed by atoms with Crippen molar-refractivity contribution in [2.24, 2.45) is 0 Å². The van der Waals surface area contributed by atoms with Crippen LogP contribution in [-0.2, 0) is 13.5 Å². The first-order valence-electron chi connectivity index (χ1n) is 7.93. The van der Waals surface area contributed by atoms with E-state index in [1.807, 2.05) is 55.5 Å². The number of halogens is 2. The number of fused-ring (bicyclic) bond motifs is 2. The van der Waals surface area contributed by atoms with E-state index in [0.717, 1.165) is 33.2 Å². The molecule has 0 atom stereocenters. The molecule has 0 amide bonds. The van der Waals surface area contributed by atoms with Crippen LogP contribution in [-0.4, -0.2) is 14.2 Å². The Morgan fingerprint density at radius 2 is 1.19 bits per heavy atom. The van der Waals surface area contributed by atoms with E-state index in [4.69, 9.17) is 19.4 Å². The Hall–Kier alpha value is -1.89. The minimum absolute atomic E-state index is 0. The van der Waals surface area contributed by atoms with Gasteiger partial charge in [-0.3, -0.25) is 0 Å². The summed E-state index contributed by atoms with van der Waals surface area (Å²) >= 11 is -1.57. The maximum absolute atomic E-state index is 5.34. The Kier molecular flexibility index (Phi) is 8.29. The van der Waals surface area contributed by atoms with Crippen molar-refractivity contribution in [3.8, 4) is 11.4 Å². The standard InChI is InChI=1S/C18H12N2.C3H4.CH3.2ClH.Ru/c1-3-7-15-13(5-1)9-11-17(19-15)18-12-10-14-6-2-4-8-16(14)20-18;1-3-2;;;;/h1-12H;3H,1H3;1H3;2*1H;/q;;-1;;;+2/p-2. The van der Waals surface area contributed by atoms with E-state index in [0.29, 0.717) is 0 Å². The van der Waals surface area contributed by atoms with Crippen molar-refractivity contribution in [2.45, 2.75) is 6.92 Å². The van der Waals surface area contributed by atoms with Crippen LogP contribution in [0.15, 0.2) is 78.9 Å². The zero-order valence-corrected chi connectivity index (χ0v) is 18.3. The molecule has 0 unspecified atom stereocenters. The number of hydrogen-bond donors (Lipinski definition) is 0. The maximum Gasteiger partial charge on any atom is 0.0894 e. The molecule has 0 aliphatic carbocycles. The van der Waals surface area contributed by atoms with Crippen LogP contribution < -0.4 is 0 Å². The largest absolute Gasteiger partial charge is 0.358 e. The smallest absolute Gasteiger partial charge is 0.0894 e. The molecular formula is C22H19Cl2N2Ru-. The molecule has 27 heavy (non-hydrogen) atoms. The average Bonchev–Trinajstić information content (AvgIpc) is 2.67. The van der Waals surface area contributed by atoms with Crippen LogP contribution in [0.5, 0.6) is 0 Å². The minimum atomic E-state index is -1.57. The Morgan fingerprint density at radius 3 is 1.56 bits per heavy atom. The fraction of sp³-hybridized carbons (Fsp3) is 0.0455. The monoisotopic (exact) mass is 483 g/mol. The van der Waals surface area contributed by atoms with Gasteiger partial charge in [0.25, 0.3) is 0 Å². The molecule has 2 heterocycles. The normalized spacial score (nSPS) is 10.3. The predicted molar refractivity (Wildman–Crippen MR) is 116 cm³/mol. The van der Waals surface area contributed by atoms with Gasteiger partial charge < -0.3 is 7.43 Å². The fourth-order valence-corrected chi connectivity index (χ4v) is 3.79. The van der Waals surface area contributed by atoms with Crippen molar-refractivity contribution in [1.29, 1.82) is 0 Å². The van der Waals surface area contributed by atoms with E-state index < -0.39 is 13.5 Å². The SMILES string of the molecule is CC=[C]=[Ru]([Cl])[Cl].[CH3-].c1ccc2nc(-c3ccc4ccccc4n3)ccc2c1. The third-order valence-electron chi connectivity index (χ3n) is 3.64. The summed E-state index contributed by atoms with van der Waals surface area (Å²) in [6.07, 6.45) is 1.75. The molecule has 0 aliphatic heterocycles. The molecule has 0 saturated carbocycles. The zero-order chi connectivity index (χ0) is 18.4. The van der Waals surface area contributed by atoms with Gasteiger partial charge >= 0.3 is 50.2 Å². The molecule has 0 bridgehead atoms.